The number of anilines is 1. The highest BCUT2D eigenvalue weighted by atomic mass is 16.6. The minimum Gasteiger partial charge on any atom is -0.506 e. The molecule has 1 amide bonds. The zero-order chi connectivity index (χ0) is 17.0. The van der Waals surface area contributed by atoms with Crippen molar-refractivity contribution >= 4 is 17.3 Å². The van der Waals surface area contributed by atoms with E-state index in [1.165, 1.54) is 0 Å². The molecule has 0 radical (unpaired) electrons. The predicted octanol–water partition coefficient (Wildman–Crippen LogP) is 2.93. The zero-order valence-electron chi connectivity index (χ0n) is 12.7. The minimum atomic E-state index is -0.610. The molecule has 0 unspecified atom stereocenters. The van der Waals surface area contributed by atoms with Crippen molar-refractivity contribution in [2.24, 2.45) is 0 Å². The predicted molar refractivity (Wildman–Crippen MR) is 84.8 cm³/mol. The molecule has 2 aromatic carbocycles. The molecule has 2 N–H and O–H groups in total. The quantitative estimate of drug-likeness (QED) is 0.501. The molecule has 2 aromatic rings. The number of nitro benzene ring substituents is 1. The summed E-state index contributed by atoms with van der Waals surface area (Å²) in [6.07, 6.45) is 0. The van der Waals surface area contributed by atoms with E-state index in [1.807, 2.05) is 26.0 Å². The maximum absolute atomic E-state index is 11.9. The van der Waals surface area contributed by atoms with Gasteiger partial charge in [0.2, 0.25) is 0 Å². The number of benzene rings is 2. The molecule has 120 valence electrons. The standard InChI is InChI=1S/C16H16N2O5/c1-10-3-5-13(7-11(10)2)23-9-16(20)17-14-8-12(18(21)22)4-6-15(14)19/h3-8,19H,9H2,1-2H3,(H,17,20). The third-order valence-corrected chi connectivity index (χ3v) is 3.31. The summed E-state index contributed by atoms with van der Waals surface area (Å²) in [5.74, 6) is -0.235. The number of nitrogens with one attached hydrogen (secondary N) is 1. The number of ether oxygens (including phenoxy) is 1. The van der Waals surface area contributed by atoms with E-state index in [9.17, 15) is 20.0 Å². The Morgan fingerprint density at radius 2 is 1.96 bits per heavy atom. The van der Waals surface area contributed by atoms with Crippen molar-refractivity contribution in [2.45, 2.75) is 13.8 Å². The van der Waals surface area contributed by atoms with Crippen LogP contribution in [0.4, 0.5) is 11.4 Å². The van der Waals surface area contributed by atoms with Gasteiger partial charge in [-0.05, 0) is 43.2 Å². The van der Waals surface area contributed by atoms with E-state index < -0.39 is 10.8 Å². The Kier molecular flexibility index (Phi) is 4.80. The van der Waals surface area contributed by atoms with Crippen LogP contribution < -0.4 is 10.1 Å². The highest BCUT2D eigenvalue weighted by Crippen LogP contribution is 2.27. The molecule has 0 fully saturated rings. The normalized spacial score (nSPS) is 10.2. The first-order chi connectivity index (χ1) is 10.9. The topological polar surface area (TPSA) is 102 Å². The second kappa shape index (κ2) is 6.78. The number of phenols is 1. The van der Waals surface area contributed by atoms with Crippen LogP contribution in [0.25, 0.3) is 0 Å². The summed E-state index contributed by atoms with van der Waals surface area (Å²) in [6, 6.07) is 8.83. The number of aromatic hydroxyl groups is 1. The average Bonchev–Trinajstić information content (AvgIpc) is 2.50. The maximum Gasteiger partial charge on any atom is 0.271 e. The Labute approximate surface area is 132 Å². The fourth-order valence-electron chi connectivity index (χ4n) is 1.88. The molecule has 2 rings (SSSR count). The highest BCUT2D eigenvalue weighted by molar-refractivity contribution is 5.93. The molecule has 0 aliphatic rings. The van der Waals surface area contributed by atoms with Crippen LogP contribution in [0.1, 0.15) is 11.1 Å². The number of rotatable bonds is 5. The van der Waals surface area contributed by atoms with E-state index in [2.05, 4.69) is 5.32 Å². The Balaban J connectivity index is 2.00. The number of nitrogens with zero attached hydrogens (tertiary/aromatic N) is 1. The zero-order valence-corrected chi connectivity index (χ0v) is 12.7. The van der Waals surface area contributed by atoms with Gasteiger partial charge in [0.25, 0.3) is 11.6 Å². The molecule has 0 spiro atoms. The maximum atomic E-state index is 11.9. The van der Waals surface area contributed by atoms with Crippen molar-refractivity contribution in [3.8, 4) is 11.5 Å². The summed E-state index contributed by atoms with van der Waals surface area (Å²) in [4.78, 5) is 22.0. The summed E-state index contributed by atoms with van der Waals surface area (Å²) >= 11 is 0. The molecular formula is C16H16N2O5. The van der Waals surface area contributed by atoms with Gasteiger partial charge in [-0.2, -0.15) is 0 Å². The smallest absolute Gasteiger partial charge is 0.271 e. The average molecular weight is 316 g/mol. The molecule has 0 heterocycles. The third kappa shape index (κ3) is 4.19. The van der Waals surface area contributed by atoms with E-state index in [0.29, 0.717) is 5.75 Å². The van der Waals surface area contributed by atoms with Crippen molar-refractivity contribution in [1.82, 2.24) is 0 Å². The van der Waals surface area contributed by atoms with Gasteiger partial charge < -0.3 is 15.2 Å². The van der Waals surface area contributed by atoms with Crippen LogP contribution in [0.3, 0.4) is 0 Å². The number of carbonyl (C=O) groups excluding carboxylic acids is 1. The summed E-state index contributed by atoms with van der Waals surface area (Å²) in [7, 11) is 0. The number of carbonyl (C=O) groups is 1. The molecule has 7 nitrogen and oxygen atoms in total. The molecule has 0 aliphatic carbocycles. The molecule has 0 aromatic heterocycles. The number of phenolic OH excluding ortho intramolecular Hbond substituents is 1. The van der Waals surface area contributed by atoms with E-state index in [0.717, 1.165) is 29.3 Å². The molecule has 0 bridgehead atoms. The SMILES string of the molecule is Cc1ccc(OCC(=O)Nc2cc([N+](=O)[O-])ccc2O)cc1C. The van der Waals surface area contributed by atoms with Crippen LogP contribution in [0, 0.1) is 24.0 Å². The van der Waals surface area contributed by atoms with Crippen molar-refractivity contribution < 1.29 is 19.6 Å². The summed E-state index contributed by atoms with van der Waals surface area (Å²) in [6.45, 7) is 3.63. The lowest BCUT2D eigenvalue weighted by atomic mass is 10.1. The monoisotopic (exact) mass is 316 g/mol. The van der Waals surface area contributed by atoms with Crippen molar-refractivity contribution in [1.29, 1.82) is 0 Å². The third-order valence-electron chi connectivity index (χ3n) is 3.31. The molecule has 0 saturated heterocycles. The summed E-state index contributed by atoms with van der Waals surface area (Å²) < 4.78 is 5.37. The molecule has 0 aliphatic heterocycles. The van der Waals surface area contributed by atoms with Gasteiger partial charge in [-0.1, -0.05) is 6.07 Å². The number of nitro groups is 1. The van der Waals surface area contributed by atoms with Crippen molar-refractivity contribution in [3.63, 3.8) is 0 Å². The number of hydrogen-bond acceptors (Lipinski definition) is 5. The first kappa shape index (κ1) is 16.3. The van der Waals surface area contributed by atoms with Crippen molar-refractivity contribution in [2.75, 3.05) is 11.9 Å². The Hall–Kier alpha value is -3.09. The molecule has 23 heavy (non-hydrogen) atoms. The second-order valence-electron chi connectivity index (χ2n) is 5.04. The van der Waals surface area contributed by atoms with Gasteiger partial charge in [-0.25, -0.2) is 0 Å². The number of aryl methyl sites for hydroxylation is 2. The van der Waals surface area contributed by atoms with Gasteiger partial charge in [-0.15, -0.1) is 0 Å². The van der Waals surface area contributed by atoms with Crippen LogP contribution >= 0.6 is 0 Å². The van der Waals surface area contributed by atoms with Crippen LogP contribution in [-0.4, -0.2) is 22.5 Å². The van der Waals surface area contributed by atoms with E-state index in [-0.39, 0.29) is 23.7 Å². The second-order valence-corrected chi connectivity index (χ2v) is 5.04. The number of non-ortho nitro benzene ring substituents is 1. The van der Waals surface area contributed by atoms with E-state index in [1.54, 1.807) is 6.07 Å². The van der Waals surface area contributed by atoms with Gasteiger partial charge in [0.15, 0.2) is 6.61 Å². The van der Waals surface area contributed by atoms with Crippen LogP contribution in [-0.2, 0) is 4.79 Å². The van der Waals surface area contributed by atoms with Crippen molar-refractivity contribution in [3.05, 3.63) is 57.6 Å². The molecular weight excluding hydrogens is 300 g/mol. The molecule has 7 heteroatoms. The lowest BCUT2D eigenvalue weighted by molar-refractivity contribution is -0.384. The molecule has 0 saturated carbocycles. The first-order valence-electron chi connectivity index (χ1n) is 6.84. The number of amides is 1. The van der Waals surface area contributed by atoms with Crippen LogP contribution in [0.5, 0.6) is 11.5 Å². The Morgan fingerprint density at radius 3 is 2.61 bits per heavy atom. The van der Waals surface area contributed by atoms with E-state index in [4.69, 9.17) is 4.74 Å². The van der Waals surface area contributed by atoms with Crippen LogP contribution in [0.2, 0.25) is 0 Å². The summed E-state index contributed by atoms with van der Waals surface area (Å²) in [5, 5.41) is 22.7. The lowest BCUT2D eigenvalue weighted by Crippen LogP contribution is -2.20. The van der Waals surface area contributed by atoms with Gasteiger partial charge in [0, 0.05) is 12.1 Å². The number of hydrogen-bond donors (Lipinski definition) is 2. The largest absolute Gasteiger partial charge is 0.506 e. The fourth-order valence-corrected chi connectivity index (χ4v) is 1.88. The van der Waals surface area contributed by atoms with Crippen LogP contribution in [0.15, 0.2) is 36.4 Å². The highest BCUT2D eigenvalue weighted by Gasteiger charge is 2.13. The van der Waals surface area contributed by atoms with Gasteiger partial charge in [0.1, 0.15) is 11.5 Å². The fraction of sp³-hybridized carbons (Fsp3) is 0.188. The lowest BCUT2D eigenvalue weighted by Gasteiger charge is -2.10. The van der Waals surface area contributed by atoms with Gasteiger partial charge in [-0.3, -0.25) is 14.9 Å². The Bertz CT molecular complexity index is 758. The van der Waals surface area contributed by atoms with Gasteiger partial charge >= 0.3 is 0 Å². The summed E-state index contributed by atoms with van der Waals surface area (Å²) in [5.41, 5.74) is 1.89. The minimum absolute atomic E-state index is 0.0344. The Morgan fingerprint density at radius 1 is 1.22 bits per heavy atom. The molecule has 0 atom stereocenters. The van der Waals surface area contributed by atoms with Gasteiger partial charge in [0.05, 0.1) is 10.6 Å². The first-order valence-corrected chi connectivity index (χ1v) is 6.84. The van der Waals surface area contributed by atoms with E-state index >= 15 is 0 Å².